The molecule has 8 nitrogen and oxygen atoms in total. The van der Waals surface area contributed by atoms with Gasteiger partial charge in [-0.3, -0.25) is 9.59 Å². The standard InChI is InChI=1S/C22H14Cl4N2O6/c23-11-2-1-10(15(24)5-11)9-27-20(30)14-8-13(3-4-18(14)29)34-19-16(25)6-12(7-17(19)26)28-21(31)22(32)33/h1-8,29H,9H2,(H,27,30)(H,28,31)(H,32,33). The molecule has 3 rings (SSSR count). The highest BCUT2D eigenvalue weighted by Crippen LogP contribution is 2.39. The molecular formula is C22H14Cl4N2O6. The molecule has 0 unspecified atom stereocenters. The summed E-state index contributed by atoms with van der Waals surface area (Å²) in [5.41, 5.74) is 0.585. The van der Waals surface area contributed by atoms with E-state index in [1.54, 1.807) is 18.2 Å². The summed E-state index contributed by atoms with van der Waals surface area (Å²) in [6.45, 7) is 0.0839. The SMILES string of the molecule is O=C(O)C(=O)Nc1cc(Cl)c(Oc2ccc(O)c(C(=O)NCc3ccc(Cl)cc3Cl)c2)c(Cl)c1. The van der Waals surface area contributed by atoms with Gasteiger partial charge >= 0.3 is 11.9 Å². The number of hydrogen-bond donors (Lipinski definition) is 4. The molecule has 34 heavy (non-hydrogen) atoms. The van der Waals surface area contributed by atoms with Crippen LogP contribution in [0.4, 0.5) is 5.69 Å². The van der Waals surface area contributed by atoms with Crippen molar-refractivity contribution in [2.75, 3.05) is 5.32 Å². The highest BCUT2D eigenvalue weighted by molar-refractivity contribution is 6.39. The number of ether oxygens (including phenoxy) is 1. The molecule has 0 saturated carbocycles. The fourth-order valence-corrected chi connectivity index (χ4v) is 3.77. The number of carbonyl (C=O) groups is 3. The third-order valence-corrected chi connectivity index (χ3v) is 5.49. The van der Waals surface area contributed by atoms with Crippen LogP contribution in [0.25, 0.3) is 0 Å². The quantitative estimate of drug-likeness (QED) is 0.293. The number of aromatic hydroxyl groups is 1. The van der Waals surface area contributed by atoms with Crippen molar-refractivity contribution in [3.8, 4) is 17.2 Å². The number of amides is 2. The Bertz CT molecular complexity index is 1280. The average molecular weight is 544 g/mol. The van der Waals surface area contributed by atoms with Crippen LogP contribution in [-0.4, -0.2) is 28.0 Å². The normalized spacial score (nSPS) is 10.5. The number of carboxylic acid groups (broad SMARTS) is 1. The minimum absolute atomic E-state index is 0.0124. The van der Waals surface area contributed by atoms with Gasteiger partial charge in [0.2, 0.25) is 0 Å². The predicted octanol–water partition coefficient (Wildman–Crippen LogP) is 5.75. The fraction of sp³-hybridized carbons (Fsp3) is 0.0455. The summed E-state index contributed by atoms with van der Waals surface area (Å²) in [4.78, 5) is 34.6. The van der Waals surface area contributed by atoms with E-state index in [-0.39, 0.29) is 45.1 Å². The van der Waals surface area contributed by atoms with E-state index < -0.39 is 17.8 Å². The van der Waals surface area contributed by atoms with Crippen LogP contribution in [0, 0.1) is 0 Å². The van der Waals surface area contributed by atoms with Crippen LogP contribution in [0.2, 0.25) is 20.1 Å². The smallest absolute Gasteiger partial charge is 0.394 e. The molecule has 0 aromatic heterocycles. The zero-order valence-electron chi connectivity index (χ0n) is 16.9. The fourth-order valence-electron chi connectivity index (χ4n) is 2.73. The van der Waals surface area contributed by atoms with Gasteiger partial charge in [0.15, 0.2) is 5.75 Å². The Balaban J connectivity index is 1.77. The second kappa shape index (κ2) is 10.8. The molecule has 0 saturated heterocycles. The molecule has 0 spiro atoms. The first-order valence-corrected chi connectivity index (χ1v) is 10.8. The summed E-state index contributed by atoms with van der Waals surface area (Å²) in [6.07, 6.45) is 0. The van der Waals surface area contributed by atoms with E-state index >= 15 is 0 Å². The lowest BCUT2D eigenvalue weighted by molar-refractivity contribution is -0.147. The molecule has 0 aliphatic rings. The van der Waals surface area contributed by atoms with Crippen molar-refractivity contribution in [2.24, 2.45) is 0 Å². The minimum atomic E-state index is -1.68. The molecule has 3 aromatic rings. The van der Waals surface area contributed by atoms with Gasteiger partial charge in [0.25, 0.3) is 5.91 Å². The Hall–Kier alpha value is -3.17. The van der Waals surface area contributed by atoms with Crippen LogP contribution in [0.5, 0.6) is 17.2 Å². The summed E-state index contributed by atoms with van der Waals surface area (Å²) >= 11 is 24.3. The van der Waals surface area contributed by atoms with Crippen molar-refractivity contribution in [3.63, 3.8) is 0 Å². The number of phenolic OH excluding ortho intramolecular Hbond substituents is 1. The van der Waals surface area contributed by atoms with Gasteiger partial charge in [-0.05, 0) is 48.0 Å². The molecule has 2 amide bonds. The minimum Gasteiger partial charge on any atom is -0.507 e. The highest BCUT2D eigenvalue weighted by Gasteiger charge is 2.18. The molecule has 0 aliphatic heterocycles. The Labute approximate surface area is 213 Å². The molecule has 0 bridgehead atoms. The van der Waals surface area contributed by atoms with Crippen molar-refractivity contribution in [1.29, 1.82) is 0 Å². The predicted molar refractivity (Wildman–Crippen MR) is 129 cm³/mol. The van der Waals surface area contributed by atoms with E-state index in [0.29, 0.717) is 15.6 Å². The number of anilines is 1. The number of carbonyl (C=O) groups excluding carboxylic acids is 2. The highest BCUT2D eigenvalue weighted by atomic mass is 35.5. The third kappa shape index (κ3) is 6.24. The van der Waals surface area contributed by atoms with E-state index in [1.165, 1.54) is 30.3 Å². The number of halogens is 4. The third-order valence-electron chi connectivity index (χ3n) is 4.34. The second-order valence-electron chi connectivity index (χ2n) is 6.73. The van der Waals surface area contributed by atoms with Crippen LogP contribution in [-0.2, 0) is 16.1 Å². The molecule has 0 heterocycles. The molecule has 4 N–H and O–H groups in total. The van der Waals surface area contributed by atoms with Gasteiger partial charge in [-0.1, -0.05) is 52.5 Å². The van der Waals surface area contributed by atoms with Gasteiger partial charge in [0.05, 0.1) is 15.6 Å². The molecule has 0 aliphatic carbocycles. The number of benzene rings is 3. The van der Waals surface area contributed by atoms with Crippen LogP contribution in [0.15, 0.2) is 48.5 Å². The van der Waals surface area contributed by atoms with Crippen LogP contribution >= 0.6 is 46.4 Å². The van der Waals surface area contributed by atoms with Crippen LogP contribution < -0.4 is 15.4 Å². The molecule has 12 heteroatoms. The molecule has 0 atom stereocenters. The zero-order chi connectivity index (χ0) is 25.0. The van der Waals surface area contributed by atoms with Gasteiger partial charge in [-0.15, -0.1) is 0 Å². The van der Waals surface area contributed by atoms with E-state index in [0.717, 1.165) is 0 Å². The summed E-state index contributed by atoms with van der Waals surface area (Å²) in [5.74, 6) is -3.73. The topological polar surface area (TPSA) is 125 Å². The summed E-state index contributed by atoms with van der Waals surface area (Å²) in [5, 5.41) is 24.3. The first kappa shape index (κ1) is 25.5. The van der Waals surface area contributed by atoms with Crippen molar-refractivity contribution in [2.45, 2.75) is 6.54 Å². The molecule has 0 fully saturated rings. The number of nitrogens with one attached hydrogen (secondary N) is 2. The monoisotopic (exact) mass is 542 g/mol. The summed E-state index contributed by atoms with van der Waals surface area (Å²) in [7, 11) is 0. The van der Waals surface area contributed by atoms with Crippen molar-refractivity contribution >= 4 is 69.9 Å². The Kier molecular flexibility index (Phi) is 8.11. The van der Waals surface area contributed by atoms with E-state index in [2.05, 4.69) is 10.6 Å². The van der Waals surface area contributed by atoms with E-state index in [4.69, 9.17) is 56.2 Å². The number of rotatable bonds is 6. The Morgan fingerprint density at radius 3 is 2.18 bits per heavy atom. The van der Waals surface area contributed by atoms with Gasteiger partial charge in [0.1, 0.15) is 11.5 Å². The lowest BCUT2D eigenvalue weighted by Gasteiger charge is -2.13. The van der Waals surface area contributed by atoms with Crippen molar-refractivity contribution in [1.82, 2.24) is 5.32 Å². The van der Waals surface area contributed by atoms with E-state index in [1.807, 2.05) is 0 Å². The van der Waals surface area contributed by atoms with E-state index in [9.17, 15) is 19.5 Å². The van der Waals surface area contributed by atoms with Gasteiger partial charge in [0, 0.05) is 22.3 Å². The maximum absolute atomic E-state index is 12.6. The largest absolute Gasteiger partial charge is 0.507 e. The molecule has 0 radical (unpaired) electrons. The average Bonchev–Trinajstić information content (AvgIpc) is 2.76. The van der Waals surface area contributed by atoms with Crippen molar-refractivity contribution in [3.05, 3.63) is 79.7 Å². The zero-order valence-corrected chi connectivity index (χ0v) is 19.9. The van der Waals surface area contributed by atoms with Crippen LogP contribution in [0.3, 0.4) is 0 Å². The maximum Gasteiger partial charge on any atom is 0.394 e. The molecule has 176 valence electrons. The Morgan fingerprint density at radius 2 is 1.56 bits per heavy atom. The van der Waals surface area contributed by atoms with Crippen molar-refractivity contribution < 1.29 is 29.3 Å². The first-order chi connectivity index (χ1) is 16.0. The lowest BCUT2D eigenvalue weighted by atomic mass is 10.1. The van der Waals surface area contributed by atoms with Crippen LogP contribution in [0.1, 0.15) is 15.9 Å². The number of carboxylic acids is 1. The van der Waals surface area contributed by atoms with Gasteiger partial charge in [-0.2, -0.15) is 0 Å². The second-order valence-corrected chi connectivity index (χ2v) is 8.39. The lowest BCUT2D eigenvalue weighted by Crippen LogP contribution is -2.23. The molecule has 3 aromatic carbocycles. The van der Waals surface area contributed by atoms with Gasteiger partial charge < -0.3 is 25.6 Å². The maximum atomic E-state index is 12.6. The van der Waals surface area contributed by atoms with Gasteiger partial charge in [-0.25, -0.2) is 4.79 Å². The number of hydrogen-bond acceptors (Lipinski definition) is 5. The first-order valence-electron chi connectivity index (χ1n) is 9.31. The summed E-state index contributed by atoms with van der Waals surface area (Å²) < 4.78 is 5.67. The summed E-state index contributed by atoms with van der Waals surface area (Å²) in [6, 6.07) is 11.2. The number of phenols is 1. The molecular weight excluding hydrogens is 530 g/mol. The number of aliphatic carboxylic acids is 1. The Morgan fingerprint density at radius 1 is 0.882 bits per heavy atom.